The summed E-state index contributed by atoms with van der Waals surface area (Å²) in [6.07, 6.45) is -1.26. The number of carbonyl (C=O) groups is 1. The van der Waals surface area contributed by atoms with Gasteiger partial charge in [-0.2, -0.15) is 13.2 Å². The van der Waals surface area contributed by atoms with Crippen LogP contribution < -0.4 is 4.90 Å². The van der Waals surface area contributed by atoms with Crippen LogP contribution >= 0.6 is 0 Å². The maximum atomic E-state index is 13.9. The Hall–Kier alpha value is -3.31. The molecule has 0 saturated carbocycles. The standard InChI is InChI=1S/C29H33F3N6O2/c1-18-6-19(2)12-37(11-18)13-20-7-24(29(30,31)32)34-25(8-20)38-14-21-4-5-22(9-23(21)27(38)39)28(15-40-16-28)10-26-35-33-17-36(26)3/h4-5,7-9,17-19H,6,10-16H2,1-3H3/t18-,19+. The summed E-state index contributed by atoms with van der Waals surface area (Å²) in [6, 6.07) is 8.50. The van der Waals surface area contributed by atoms with E-state index in [0.717, 1.165) is 42.5 Å². The molecule has 3 aliphatic rings. The average Bonchev–Trinajstić information content (AvgIpc) is 3.42. The maximum absolute atomic E-state index is 13.9. The lowest BCUT2D eigenvalue weighted by Crippen LogP contribution is -2.49. The molecule has 1 amide bonds. The van der Waals surface area contributed by atoms with Crippen molar-refractivity contribution in [2.75, 3.05) is 31.2 Å². The van der Waals surface area contributed by atoms with E-state index >= 15 is 0 Å². The number of pyridine rings is 1. The number of carbonyl (C=O) groups excluding carboxylic acids is 1. The maximum Gasteiger partial charge on any atom is 0.433 e. The topological polar surface area (TPSA) is 76.4 Å². The number of aryl methyl sites for hydroxylation is 1. The fraction of sp³-hybridized carbons (Fsp3) is 0.517. The molecule has 2 atom stereocenters. The zero-order valence-electron chi connectivity index (χ0n) is 22.9. The highest BCUT2D eigenvalue weighted by Crippen LogP contribution is 2.39. The van der Waals surface area contributed by atoms with Crippen LogP contribution in [0.2, 0.25) is 0 Å². The normalized spacial score (nSPS) is 22.9. The molecule has 5 heterocycles. The second-order valence-electron chi connectivity index (χ2n) is 11.9. The third-order valence-electron chi connectivity index (χ3n) is 8.37. The predicted octanol–water partition coefficient (Wildman–Crippen LogP) is 4.38. The molecule has 6 rings (SSSR count). The Bertz CT molecular complexity index is 1420. The lowest BCUT2D eigenvalue weighted by atomic mass is 9.75. The summed E-state index contributed by atoms with van der Waals surface area (Å²) in [4.78, 5) is 21.1. The molecule has 0 aliphatic carbocycles. The molecule has 3 aliphatic heterocycles. The van der Waals surface area contributed by atoms with Gasteiger partial charge in [0.1, 0.15) is 23.7 Å². The van der Waals surface area contributed by atoms with Gasteiger partial charge in [0.15, 0.2) is 0 Å². The summed E-state index contributed by atoms with van der Waals surface area (Å²) in [7, 11) is 1.88. The SMILES string of the molecule is C[C@@H]1C[C@H](C)CN(Cc2cc(N3Cc4ccc(C5(Cc6nncn6C)COC5)cc4C3=O)nc(C(F)(F)F)c2)C1. The first-order chi connectivity index (χ1) is 19.0. The molecule has 8 nitrogen and oxygen atoms in total. The summed E-state index contributed by atoms with van der Waals surface area (Å²) < 4.78 is 49.2. The second kappa shape index (κ2) is 9.95. The van der Waals surface area contributed by atoms with Crippen LogP contribution in [0.25, 0.3) is 0 Å². The Morgan fingerprint density at radius 3 is 2.48 bits per heavy atom. The smallest absolute Gasteiger partial charge is 0.379 e. The van der Waals surface area contributed by atoms with Crippen molar-refractivity contribution in [1.82, 2.24) is 24.6 Å². The van der Waals surface area contributed by atoms with Crippen molar-refractivity contribution in [3.05, 3.63) is 70.4 Å². The van der Waals surface area contributed by atoms with E-state index < -0.39 is 11.9 Å². The molecule has 0 bridgehead atoms. The van der Waals surface area contributed by atoms with Crippen molar-refractivity contribution in [3.8, 4) is 0 Å². The van der Waals surface area contributed by atoms with E-state index in [4.69, 9.17) is 4.74 Å². The molecule has 212 valence electrons. The summed E-state index contributed by atoms with van der Waals surface area (Å²) in [5, 5.41) is 8.18. The Balaban J connectivity index is 1.29. The van der Waals surface area contributed by atoms with Gasteiger partial charge in [0.05, 0.1) is 19.8 Å². The minimum atomic E-state index is -4.62. The first-order valence-corrected chi connectivity index (χ1v) is 13.7. The van der Waals surface area contributed by atoms with Crippen LogP contribution in [0.3, 0.4) is 0 Å². The number of alkyl halides is 3. The summed E-state index contributed by atoms with van der Waals surface area (Å²) in [5.41, 5.74) is 1.40. The van der Waals surface area contributed by atoms with Crippen LogP contribution in [-0.4, -0.2) is 56.9 Å². The number of hydrogen-bond acceptors (Lipinski definition) is 6. The fourth-order valence-corrected chi connectivity index (χ4v) is 6.43. The number of fused-ring (bicyclic) bond motifs is 1. The molecule has 0 N–H and O–H groups in total. The number of rotatable bonds is 6. The van der Waals surface area contributed by atoms with E-state index in [-0.39, 0.29) is 23.7 Å². The van der Waals surface area contributed by atoms with Gasteiger partial charge in [-0.15, -0.1) is 10.2 Å². The van der Waals surface area contributed by atoms with E-state index in [1.807, 2.05) is 29.8 Å². The first-order valence-electron chi connectivity index (χ1n) is 13.7. The fourth-order valence-electron chi connectivity index (χ4n) is 6.43. The number of likely N-dealkylation sites (tertiary alicyclic amines) is 1. The zero-order valence-corrected chi connectivity index (χ0v) is 22.9. The Morgan fingerprint density at radius 2 is 1.85 bits per heavy atom. The lowest BCUT2D eigenvalue weighted by Gasteiger charge is -2.41. The molecule has 0 unspecified atom stereocenters. The van der Waals surface area contributed by atoms with Gasteiger partial charge in [-0.3, -0.25) is 14.6 Å². The average molecular weight is 555 g/mol. The number of nitrogens with zero attached hydrogens (tertiary/aromatic N) is 6. The molecule has 3 aromatic rings. The quantitative estimate of drug-likeness (QED) is 0.450. The molecule has 40 heavy (non-hydrogen) atoms. The highest BCUT2D eigenvalue weighted by molar-refractivity contribution is 6.09. The molecule has 2 saturated heterocycles. The van der Waals surface area contributed by atoms with Crippen LogP contribution in [-0.2, 0) is 42.9 Å². The second-order valence-corrected chi connectivity index (χ2v) is 11.9. The Morgan fingerprint density at radius 1 is 1.10 bits per heavy atom. The van der Waals surface area contributed by atoms with Crippen LogP contribution in [0, 0.1) is 11.8 Å². The lowest BCUT2D eigenvalue weighted by molar-refractivity contribution is -0.141. The summed E-state index contributed by atoms with van der Waals surface area (Å²) in [5.74, 6) is 1.47. The molecule has 2 fully saturated rings. The van der Waals surface area contributed by atoms with E-state index in [9.17, 15) is 18.0 Å². The molecule has 0 spiro atoms. The minimum Gasteiger partial charge on any atom is -0.379 e. The van der Waals surface area contributed by atoms with E-state index in [1.54, 1.807) is 12.4 Å². The van der Waals surface area contributed by atoms with Crippen LogP contribution in [0.15, 0.2) is 36.7 Å². The first kappa shape index (κ1) is 26.9. The number of aromatic nitrogens is 4. The monoisotopic (exact) mass is 554 g/mol. The number of hydrogen-bond donors (Lipinski definition) is 0. The molecule has 2 aromatic heterocycles. The molecule has 1 aromatic carbocycles. The van der Waals surface area contributed by atoms with Gasteiger partial charge in [0.2, 0.25) is 0 Å². The Kier molecular flexibility index (Phi) is 6.69. The van der Waals surface area contributed by atoms with Gasteiger partial charge >= 0.3 is 6.18 Å². The summed E-state index contributed by atoms with van der Waals surface area (Å²) in [6.45, 7) is 7.54. The number of anilines is 1. The van der Waals surface area contributed by atoms with Crippen LogP contribution in [0.5, 0.6) is 0 Å². The van der Waals surface area contributed by atoms with Crippen LogP contribution in [0.4, 0.5) is 19.0 Å². The van der Waals surface area contributed by atoms with Crippen molar-refractivity contribution in [1.29, 1.82) is 0 Å². The molecule has 0 radical (unpaired) electrons. The van der Waals surface area contributed by atoms with Crippen molar-refractivity contribution in [2.45, 2.75) is 51.4 Å². The van der Waals surface area contributed by atoms with E-state index in [1.165, 1.54) is 4.90 Å². The number of halogens is 3. The zero-order chi connectivity index (χ0) is 28.2. The van der Waals surface area contributed by atoms with E-state index in [2.05, 4.69) is 33.9 Å². The Labute approximate surface area is 231 Å². The number of benzene rings is 1. The van der Waals surface area contributed by atoms with Crippen LogP contribution in [0.1, 0.15) is 58.8 Å². The van der Waals surface area contributed by atoms with Crippen molar-refractivity contribution < 1.29 is 22.7 Å². The van der Waals surface area contributed by atoms with Gasteiger partial charge in [0, 0.05) is 44.1 Å². The van der Waals surface area contributed by atoms with Crippen molar-refractivity contribution >= 4 is 11.7 Å². The molecular formula is C29H33F3N6O2. The molecular weight excluding hydrogens is 521 g/mol. The van der Waals surface area contributed by atoms with Gasteiger partial charge in [-0.1, -0.05) is 26.0 Å². The van der Waals surface area contributed by atoms with Gasteiger partial charge in [-0.25, -0.2) is 4.98 Å². The van der Waals surface area contributed by atoms with Gasteiger partial charge in [0.25, 0.3) is 5.91 Å². The van der Waals surface area contributed by atoms with Gasteiger partial charge in [-0.05, 0) is 53.1 Å². The predicted molar refractivity (Wildman–Crippen MR) is 142 cm³/mol. The highest BCUT2D eigenvalue weighted by atomic mass is 19.4. The minimum absolute atomic E-state index is 0.0338. The number of piperidine rings is 1. The highest BCUT2D eigenvalue weighted by Gasteiger charge is 2.43. The number of ether oxygens (including phenoxy) is 1. The third kappa shape index (κ3) is 5.01. The van der Waals surface area contributed by atoms with Gasteiger partial charge < -0.3 is 9.30 Å². The van der Waals surface area contributed by atoms with Crippen molar-refractivity contribution in [2.24, 2.45) is 18.9 Å². The molecule has 11 heteroatoms. The third-order valence-corrected chi connectivity index (χ3v) is 8.37. The number of amides is 1. The van der Waals surface area contributed by atoms with E-state index in [0.29, 0.717) is 49.1 Å². The summed E-state index contributed by atoms with van der Waals surface area (Å²) >= 11 is 0. The van der Waals surface area contributed by atoms with Crippen molar-refractivity contribution in [3.63, 3.8) is 0 Å². The largest absolute Gasteiger partial charge is 0.433 e.